The molecular weight excluding hydrogens is 132 g/mol. The number of nitrogens with zero attached hydrogens (tertiary/aromatic N) is 1. The van der Waals surface area contributed by atoms with E-state index in [4.69, 9.17) is 0 Å². The van der Waals surface area contributed by atoms with Crippen LogP contribution in [0.2, 0.25) is 0 Å². The molecule has 2 aliphatic rings. The van der Waals surface area contributed by atoms with Crippen LogP contribution in [0.4, 0.5) is 17.1 Å². The molecule has 0 radical (unpaired) electrons. The third-order valence-corrected chi connectivity index (χ3v) is 1.47. The summed E-state index contributed by atoms with van der Waals surface area (Å²) in [6.07, 6.45) is 0. The van der Waals surface area contributed by atoms with Gasteiger partial charge in [0, 0.05) is 11.8 Å². The fourth-order valence-electron chi connectivity index (χ4n) is 0.951. The van der Waals surface area contributed by atoms with E-state index in [1.54, 1.807) is 12.1 Å². The maximum absolute atomic E-state index is 10.2. The molecular formula is C6H4N2O2. The van der Waals surface area contributed by atoms with Gasteiger partial charge in [-0.15, -0.1) is 0 Å². The van der Waals surface area contributed by atoms with E-state index in [2.05, 4.69) is 5.32 Å². The molecule has 1 aromatic rings. The van der Waals surface area contributed by atoms with Crippen LogP contribution in [0, 0.1) is 10.1 Å². The molecule has 1 N–H and O–H groups in total. The molecule has 4 nitrogen and oxygen atoms in total. The Morgan fingerprint density at radius 1 is 1.50 bits per heavy atom. The van der Waals surface area contributed by atoms with Gasteiger partial charge in [-0.1, -0.05) is 0 Å². The summed E-state index contributed by atoms with van der Waals surface area (Å²) in [5, 5.41) is 13.0. The highest BCUT2D eigenvalue weighted by atomic mass is 16.6. The van der Waals surface area contributed by atoms with Gasteiger partial charge >= 0.3 is 0 Å². The van der Waals surface area contributed by atoms with E-state index in [0.717, 1.165) is 5.69 Å². The van der Waals surface area contributed by atoms with Crippen LogP contribution in [0.5, 0.6) is 0 Å². The van der Waals surface area contributed by atoms with Gasteiger partial charge in [0.1, 0.15) is 5.69 Å². The second-order valence-corrected chi connectivity index (χ2v) is 2.11. The summed E-state index contributed by atoms with van der Waals surface area (Å²) in [6, 6.07) is 4.93. The van der Waals surface area contributed by atoms with Gasteiger partial charge in [-0.05, 0) is 12.1 Å². The first-order valence-corrected chi connectivity index (χ1v) is 2.83. The number of nitro benzene ring substituents is 1. The van der Waals surface area contributed by atoms with Gasteiger partial charge in [-0.25, -0.2) is 0 Å². The highest BCUT2D eigenvalue weighted by Gasteiger charge is 2.20. The van der Waals surface area contributed by atoms with Gasteiger partial charge in [0.05, 0.1) is 4.92 Å². The van der Waals surface area contributed by atoms with Crippen LogP contribution in [-0.2, 0) is 0 Å². The maximum Gasteiger partial charge on any atom is 0.292 e. The maximum atomic E-state index is 10.2. The Hall–Kier alpha value is -1.58. The minimum atomic E-state index is -0.398. The van der Waals surface area contributed by atoms with Gasteiger partial charge in [0.2, 0.25) is 0 Å². The molecule has 0 aromatic heterocycles. The van der Waals surface area contributed by atoms with Gasteiger partial charge < -0.3 is 5.32 Å². The second-order valence-electron chi connectivity index (χ2n) is 2.11. The van der Waals surface area contributed by atoms with Crippen LogP contribution < -0.4 is 5.32 Å². The van der Waals surface area contributed by atoms with Crippen molar-refractivity contribution in [3.05, 3.63) is 28.3 Å². The molecule has 0 aliphatic carbocycles. The molecule has 0 saturated heterocycles. The molecule has 1 aromatic carbocycles. The average Bonchev–Trinajstić information content (AvgIpc) is 1.86. The Morgan fingerprint density at radius 3 is 2.50 bits per heavy atom. The predicted octanol–water partition coefficient (Wildman–Crippen LogP) is 1.65. The van der Waals surface area contributed by atoms with E-state index in [1.807, 2.05) is 0 Å². The van der Waals surface area contributed by atoms with E-state index in [9.17, 15) is 10.1 Å². The Balaban J connectivity index is 2.56. The number of anilines is 2. The molecule has 0 amide bonds. The van der Waals surface area contributed by atoms with Crippen molar-refractivity contribution in [1.29, 1.82) is 0 Å². The molecule has 2 heterocycles. The molecule has 0 atom stereocenters. The second kappa shape index (κ2) is 1.47. The molecule has 0 fully saturated rings. The van der Waals surface area contributed by atoms with Crippen molar-refractivity contribution < 1.29 is 4.92 Å². The van der Waals surface area contributed by atoms with Crippen molar-refractivity contribution in [2.24, 2.45) is 0 Å². The number of rotatable bonds is 1. The fourth-order valence-corrected chi connectivity index (χ4v) is 0.951. The lowest BCUT2D eigenvalue weighted by atomic mass is 10.1. The molecule has 3 rings (SSSR count). The van der Waals surface area contributed by atoms with Crippen LogP contribution in [0.3, 0.4) is 0 Å². The summed E-state index contributed by atoms with van der Waals surface area (Å²) >= 11 is 0. The quantitative estimate of drug-likeness (QED) is 0.479. The van der Waals surface area contributed by atoms with Gasteiger partial charge in [-0.2, -0.15) is 0 Å². The lowest BCUT2D eigenvalue weighted by molar-refractivity contribution is -0.384. The lowest BCUT2D eigenvalue weighted by Gasteiger charge is -2.16. The third-order valence-electron chi connectivity index (χ3n) is 1.47. The van der Waals surface area contributed by atoms with E-state index in [1.165, 1.54) is 6.07 Å². The van der Waals surface area contributed by atoms with Crippen LogP contribution in [-0.4, -0.2) is 4.92 Å². The van der Waals surface area contributed by atoms with Crippen molar-refractivity contribution in [1.82, 2.24) is 0 Å². The first kappa shape index (κ1) is 5.22. The van der Waals surface area contributed by atoms with Crippen LogP contribution in [0.25, 0.3) is 0 Å². The van der Waals surface area contributed by atoms with Crippen molar-refractivity contribution >= 4 is 17.1 Å². The minimum Gasteiger partial charge on any atom is -0.350 e. The summed E-state index contributed by atoms with van der Waals surface area (Å²) in [4.78, 5) is 9.82. The number of fused-ring (bicyclic) bond motifs is 2. The average molecular weight is 136 g/mol. The Morgan fingerprint density at radius 2 is 2.20 bits per heavy atom. The summed E-state index contributed by atoms with van der Waals surface area (Å²) < 4.78 is 0. The summed E-state index contributed by atoms with van der Waals surface area (Å²) in [6.45, 7) is 0. The Labute approximate surface area is 56.6 Å². The smallest absolute Gasteiger partial charge is 0.292 e. The summed E-state index contributed by atoms with van der Waals surface area (Å²) in [5.41, 5.74) is 1.71. The molecule has 2 bridgehead atoms. The predicted molar refractivity (Wildman–Crippen MR) is 36.4 cm³/mol. The largest absolute Gasteiger partial charge is 0.350 e. The zero-order valence-electron chi connectivity index (χ0n) is 5.00. The molecule has 0 unspecified atom stereocenters. The molecule has 50 valence electrons. The number of nitrogens with one attached hydrogen (secondary N) is 1. The molecule has 2 aliphatic heterocycles. The Kier molecular flexibility index (Phi) is 0.768. The molecule has 0 spiro atoms. The van der Waals surface area contributed by atoms with Gasteiger partial charge in [-0.3, -0.25) is 10.1 Å². The van der Waals surface area contributed by atoms with Crippen molar-refractivity contribution in [2.45, 2.75) is 0 Å². The molecule has 0 saturated carbocycles. The third kappa shape index (κ3) is 0.500. The van der Waals surface area contributed by atoms with Gasteiger partial charge in [0.15, 0.2) is 0 Å². The number of benzene rings is 1. The zero-order chi connectivity index (χ0) is 7.14. The number of hydrogen-bond donors (Lipinski definition) is 1. The molecule has 4 heteroatoms. The van der Waals surface area contributed by atoms with Crippen molar-refractivity contribution in [3.63, 3.8) is 0 Å². The van der Waals surface area contributed by atoms with E-state index < -0.39 is 4.92 Å². The Bertz CT molecular complexity index is 305. The van der Waals surface area contributed by atoms with E-state index >= 15 is 0 Å². The summed E-state index contributed by atoms with van der Waals surface area (Å²) in [5.74, 6) is 0. The first-order valence-electron chi connectivity index (χ1n) is 2.83. The normalized spacial score (nSPS) is 11.6. The zero-order valence-corrected chi connectivity index (χ0v) is 5.00. The first-order chi connectivity index (χ1) is 4.77. The van der Waals surface area contributed by atoms with Crippen LogP contribution >= 0.6 is 0 Å². The van der Waals surface area contributed by atoms with Crippen molar-refractivity contribution in [2.75, 3.05) is 5.32 Å². The minimum absolute atomic E-state index is 0.148. The van der Waals surface area contributed by atoms with Crippen molar-refractivity contribution in [3.8, 4) is 0 Å². The lowest BCUT2D eigenvalue weighted by Crippen LogP contribution is -2.04. The van der Waals surface area contributed by atoms with Gasteiger partial charge in [0.25, 0.3) is 5.69 Å². The SMILES string of the molecule is O=[N+]([O-])c1ccc2cc1N2. The number of hydrogen-bond acceptors (Lipinski definition) is 3. The number of nitro groups is 1. The topological polar surface area (TPSA) is 55.2 Å². The highest BCUT2D eigenvalue weighted by Crippen LogP contribution is 2.37. The fraction of sp³-hybridized carbons (Fsp3) is 0. The molecule has 10 heavy (non-hydrogen) atoms. The standard InChI is InChI=1S/C6H4N2O2/c9-8(10)6-2-1-4-3-5(6)7-4/h1-3,7H. The monoisotopic (exact) mass is 136 g/mol. The summed E-state index contributed by atoms with van der Waals surface area (Å²) in [7, 11) is 0. The van der Waals surface area contributed by atoms with E-state index in [-0.39, 0.29) is 5.69 Å². The van der Waals surface area contributed by atoms with Crippen LogP contribution in [0.15, 0.2) is 18.2 Å². The van der Waals surface area contributed by atoms with Crippen LogP contribution in [0.1, 0.15) is 0 Å². The van der Waals surface area contributed by atoms with E-state index in [0.29, 0.717) is 5.69 Å². The highest BCUT2D eigenvalue weighted by molar-refractivity contribution is 5.82.